The van der Waals surface area contributed by atoms with Crippen molar-refractivity contribution in [3.63, 3.8) is 0 Å². The van der Waals surface area contributed by atoms with E-state index < -0.39 is 70.5 Å². The molecule has 1 unspecified atom stereocenters. The first kappa shape index (κ1) is 36.3. The first-order chi connectivity index (χ1) is 23.3. The monoisotopic (exact) mass is 685 g/mol. The molecule has 3 heterocycles. The van der Waals surface area contributed by atoms with Crippen molar-refractivity contribution in [3.8, 4) is 0 Å². The van der Waals surface area contributed by atoms with Crippen LogP contribution < -0.4 is 32.1 Å². The van der Waals surface area contributed by atoms with Gasteiger partial charge in [-0.3, -0.25) is 33.6 Å². The van der Waals surface area contributed by atoms with E-state index in [1.165, 1.54) is 4.90 Å². The first-order valence-corrected chi connectivity index (χ1v) is 17.8. The van der Waals surface area contributed by atoms with Gasteiger partial charge >= 0.3 is 0 Å². The van der Waals surface area contributed by atoms with Crippen LogP contribution in [0.5, 0.6) is 0 Å². The lowest BCUT2D eigenvalue weighted by molar-refractivity contribution is -0.145. The molecule has 6 atom stereocenters. The van der Waals surface area contributed by atoms with E-state index in [0.717, 1.165) is 44.6 Å². The maximum atomic E-state index is 14.5. The Bertz CT molecular complexity index is 1470. The smallest absolute Gasteiger partial charge is 0.290 e. The van der Waals surface area contributed by atoms with Crippen molar-refractivity contribution >= 4 is 35.3 Å². The van der Waals surface area contributed by atoms with Crippen molar-refractivity contribution in [2.45, 2.75) is 128 Å². The van der Waals surface area contributed by atoms with Crippen molar-refractivity contribution in [1.82, 2.24) is 36.6 Å². The van der Waals surface area contributed by atoms with E-state index in [1.807, 2.05) is 27.7 Å². The molecule has 0 radical (unpaired) electrons. The lowest BCUT2D eigenvalue weighted by Gasteiger charge is -2.38. The number of nitrogens with zero attached hydrogens (tertiary/aromatic N) is 1. The molecular weight excluding hydrogens is 634 g/mol. The van der Waals surface area contributed by atoms with Gasteiger partial charge in [0.25, 0.3) is 17.4 Å². The molecule has 1 aromatic heterocycles. The highest BCUT2D eigenvalue weighted by Gasteiger charge is 2.52. The zero-order valence-corrected chi connectivity index (χ0v) is 28.9. The number of fused-ring (bicyclic) bond motifs is 1. The van der Waals surface area contributed by atoms with Gasteiger partial charge in [-0.25, -0.2) is 0 Å². The van der Waals surface area contributed by atoms with E-state index in [0.29, 0.717) is 25.8 Å². The van der Waals surface area contributed by atoms with Crippen LogP contribution in [-0.2, 0) is 24.0 Å². The summed E-state index contributed by atoms with van der Waals surface area (Å²) in [4.78, 5) is 94.5. The number of H-pyrrole nitrogens is 1. The second kappa shape index (κ2) is 15.3. The van der Waals surface area contributed by atoms with Crippen LogP contribution in [-0.4, -0.2) is 94.7 Å². The second-order valence-corrected chi connectivity index (χ2v) is 15.2. The van der Waals surface area contributed by atoms with Gasteiger partial charge in [-0.05, 0) is 62.3 Å². The fraction of sp³-hybridized carbons (Fsp3) is 0.735. The third-order valence-electron chi connectivity index (χ3n) is 10.2. The Kier molecular flexibility index (Phi) is 11.3. The number of aromatic amines is 1. The highest BCUT2D eigenvalue weighted by Crippen LogP contribution is 2.34. The van der Waals surface area contributed by atoms with Crippen LogP contribution >= 0.6 is 0 Å². The lowest BCUT2D eigenvalue weighted by Crippen LogP contribution is -2.63. The molecule has 0 bridgehead atoms. The van der Waals surface area contributed by atoms with Crippen LogP contribution in [0.3, 0.4) is 0 Å². The molecule has 2 aliphatic carbocycles. The molecular formula is C34H51N7O8. The highest BCUT2D eigenvalue weighted by atomic mass is 16.5. The van der Waals surface area contributed by atoms with Gasteiger partial charge in [0.05, 0.1) is 12.1 Å². The van der Waals surface area contributed by atoms with Crippen LogP contribution in [0.4, 0.5) is 0 Å². The molecule has 15 heteroatoms. The Labute approximate surface area is 285 Å². The van der Waals surface area contributed by atoms with Gasteiger partial charge in [-0.15, -0.1) is 0 Å². The highest BCUT2D eigenvalue weighted by molar-refractivity contribution is 6.38. The van der Waals surface area contributed by atoms with Crippen molar-refractivity contribution in [3.05, 3.63) is 22.2 Å². The normalized spacial score (nSPS) is 24.3. The summed E-state index contributed by atoms with van der Waals surface area (Å²) in [5.74, 6) is -4.13. The van der Waals surface area contributed by atoms with E-state index in [4.69, 9.17) is 4.52 Å². The number of hydrogen-bond donors (Lipinski definition) is 6. The van der Waals surface area contributed by atoms with Crippen molar-refractivity contribution < 1.29 is 33.3 Å². The summed E-state index contributed by atoms with van der Waals surface area (Å²) in [6.45, 7) is 8.26. The van der Waals surface area contributed by atoms with E-state index in [9.17, 15) is 33.6 Å². The topological polar surface area (TPSA) is 212 Å². The van der Waals surface area contributed by atoms with E-state index in [1.54, 1.807) is 0 Å². The van der Waals surface area contributed by atoms with Crippen LogP contribution in [0.2, 0.25) is 0 Å². The number of Topliss-reactive ketones (excluding diaryl/α,β-unsaturated/α-hetero) is 1. The molecule has 2 saturated carbocycles. The Hall–Kier alpha value is -4.01. The maximum absolute atomic E-state index is 14.5. The van der Waals surface area contributed by atoms with Crippen LogP contribution in [0.1, 0.15) is 102 Å². The third-order valence-corrected chi connectivity index (χ3v) is 10.2. The molecule has 4 aliphatic rings. The van der Waals surface area contributed by atoms with Crippen molar-refractivity contribution in [2.75, 3.05) is 13.1 Å². The predicted octanol–water partition coefficient (Wildman–Crippen LogP) is 0.499. The quantitative estimate of drug-likeness (QED) is 0.159. The summed E-state index contributed by atoms with van der Waals surface area (Å²) in [5, 5.41) is 16.6. The number of aromatic nitrogens is 1. The average molecular weight is 686 g/mol. The Balaban J connectivity index is 1.36. The van der Waals surface area contributed by atoms with Gasteiger partial charge in [0.1, 0.15) is 18.1 Å². The van der Waals surface area contributed by atoms with E-state index in [2.05, 4.69) is 31.7 Å². The summed E-state index contributed by atoms with van der Waals surface area (Å²) in [7, 11) is 0. The van der Waals surface area contributed by atoms with Gasteiger partial charge in [0.2, 0.25) is 29.3 Å². The summed E-state index contributed by atoms with van der Waals surface area (Å²) in [6.07, 6.45) is 7.39. The zero-order chi connectivity index (χ0) is 35.5. The number of carbonyl (C=O) groups excluding carboxylic acids is 6. The number of rotatable bonds is 13. The zero-order valence-electron chi connectivity index (χ0n) is 28.9. The second-order valence-electron chi connectivity index (χ2n) is 15.2. The van der Waals surface area contributed by atoms with E-state index >= 15 is 0 Å². The van der Waals surface area contributed by atoms with Gasteiger partial charge in [-0.2, -0.15) is 5.16 Å². The standard InChI is InChI=1S/C34H51N7O8/c1-5-9-21(27(43)32(47)36-20-12-13-20)37-31(46)26-24-19(14-15-35-24)17-41(26)33(48)28(34(2,3)4)39-30(45)25(18-10-7-6-8-11-18)38-29(44)22-16-23(42)40-49-22/h16,18-21,24-26,28,35H,5-15,17H2,1-4H3,(H,36,47)(H,37,46)(H,38,44)(H,39,45)(H,40,42)/t19-,21-,24-,25-,26-,28?/m0/s1. The van der Waals surface area contributed by atoms with Crippen molar-refractivity contribution in [2.24, 2.45) is 17.3 Å². The number of amides is 5. The largest absolute Gasteiger partial charge is 0.373 e. The van der Waals surface area contributed by atoms with Gasteiger partial charge in [0.15, 0.2) is 0 Å². The fourth-order valence-electron chi connectivity index (χ4n) is 7.42. The Morgan fingerprint density at radius 3 is 2.31 bits per heavy atom. The van der Waals surface area contributed by atoms with Crippen molar-refractivity contribution in [1.29, 1.82) is 0 Å². The molecule has 270 valence electrons. The summed E-state index contributed by atoms with van der Waals surface area (Å²) >= 11 is 0. The minimum Gasteiger partial charge on any atom is -0.373 e. The summed E-state index contributed by atoms with van der Waals surface area (Å²) < 4.78 is 4.97. The molecule has 2 aliphatic heterocycles. The van der Waals surface area contributed by atoms with Crippen LogP contribution in [0, 0.1) is 17.3 Å². The number of nitrogens with one attached hydrogen (secondary N) is 6. The molecule has 0 aromatic carbocycles. The number of likely N-dealkylation sites (tertiary alicyclic amines) is 1. The summed E-state index contributed by atoms with van der Waals surface area (Å²) in [6, 6.07) is -3.42. The third kappa shape index (κ3) is 8.60. The maximum Gasteiger partial charge on any atom is 0.290 e. The van der Waals surface area contributed by atoms with Gasteiger partial charge in [0, 0.05) is 18.6 Å². The van der Waals surface area contributed by atoms with E-state index in [-0.39, 0.29) is 42.6 Å². The molecule has 5 amide bonds. The average Bonchev–Trinajstić information content (AvgIpc) is 3.40. The molecule has 49 heavy (non-hydrogen) atoms. The number of ketones is 1. The molecule has 6 N–H and O–H groups in total. The first-order valence-electron chi connectivity index (χ1n) is 17.8. The van der Waals surface area contributed by atoms with Gasteiger partial charge < -0.3 is 36.0 Å². The molecule has 0 spiro atoms. The molecule has 4 fully saturated rings. The number of hydrogen-bond acceptors (Lipinski definition) is 9. The van der Waals surface area contributed by atoms with Gasteiger partial charge in [-0.1, -0.05) is 53.4 Å². The molecule has 2 saturated heterocycles. The minimum absolute atomic E-state index is 0.00858. The number of carbonyl (C=O) groups is 6. The SMILES string of the molecule is CCC[C@H](NC(=O)[C@@H]1[C@H]2NCC[C@H]2CN1C(=O)C(NC(=O)[C@@H](NC(=O)c1cc(=O)[nH]o1)C1CCCCC1)C(C)(C)C)C(=O)C(=O)NC1CC1. The minimum atomic E-state index is -1.07. The predicted molar refractivity (Wildman–Crippen MR) is 177 cm³/mol. The molecule has 5 rings (SSSR count). The molecule has 1 aromatic rings. The Morgan fingerprint density at radius 1 is 0.980 bits per heavy atom. The summed E-state index contributed by atoms with van der Waals surface area (Å²) in [5.41, 5.74) is -1.38. The Morgan fingerprint density at radius 2 is 1.69 bits per heavy atom. The van der Waals surface area contributed by atoms with Crippen LogP contribution in [0.25, 0.3) is 0 Å². The van der Waals surface area contributed by atoms with Crippen LogP contribution in [0.15, 0.2) is 15.4 Å². The molecule has 15 nitrogen and oxygen atoms in total. The lowest BCUT2D eigenvalue weighted by atomic mass is 9.82. The fourth-order valence-corrected chi connectivity index (χ4v) is 7.42.